The number of piperidine rings is 1. The summed E-state index contributed by atoms with van der Waals surface area (Å²) in [6.07, 6.45) is 4.24. The topological polar surface area (TPSA) is 41.1 Å². The van der Waals surface area contributed by atoms with Gasteiger partial charge >= 0.3 is 0 Å². The van der Waals surface area contributed by atoms with Crippen molar-refractivity contribution >= 4 is 5.91 Å². The van der Waals surface area contributed by atoms with Gasteiger partial charge in [0, 0.05) is 13.0 Å². The molecule has 106 valence electrons. The second kappa shape index (κ2) is 7.13. The second-order valence-corrected chi connectivity index (χ2v) is 6.67. The molecule has 1 saturated heterocycles. The number of carbonyl (C=O) groups is 1. The van der Waals surface area contributed by atoms with E-state index in [2.05, 4.69) is 38.3 Å². The average Bonchev–Trinajstić information content (AvgIpc) is 2.35. The van der Waals surface area contributed by atoms with Crippen LogP contribution in [0.2, 0.25) is 0 Å². The summed E-state index contributed by atoms with van der Waals surface area (Å²) in [7, 11) is 0. The van der Waals surface area contributed by atoms with Crippen molar-refractivity contribution in [3.8, 4) is 0 Å². The zero-order valence-electron chi connectivity index (χ0n) is 12.5. The van der Waals surface area contributed by atoms with Crippen LogP contribution in [0.1, 0.15) is 53.4 Å². The highest BCUT2D eigenvalue weighted by Gasteiger charge is 2.23. The van der Waals surface area contributed by atoms with E-state index in [9.17, 15) is 4.79 Å². The molecule has 0 aromatic heterocycles. The van der Waals surface area contributed by atoms with Gasteiger partial charge in [-0.25, -0.2) is 0 Å². The normalized spacial score (nSPS) is 21.1. The molecule has 1 heterocycles. The van der Waals surface area contributed by atoms with Crippen LogP contribution in [0.5, 0.6) is 0 Å². The van der Waals surface area contributed by atoms with Crippen molar-refractivity contribution in [3.63, 3.8) is 0 Å². The van der Waals surface area contributed by atoms with E-state index in [0.717, 1.165) is 26.1 Å². The van der Waals surface area contributed by atoms with Crippen LogP contribution in [-0.4, -0.2) is 25.5 Å². The van der Waals surface area contributed by atoms with Gasteiger partial charge in [0.2, 0.25) is 5.91 Å². The van der Waals surface area contributed by atoms with Gasteiger partial charge in [0.15, 0.2) is 0 Å². The fourth-order valence-corrected chi connectivity index (χ4v) is 2.12. The van der Waals surface area contributed by atoms with E-state index in [1.807, 2.05) is 0 Å². The highest BCUT2D eigenvalue weighted by atomic mass is 16.1. The van der Waals surface area contributed by atoms with Crippen LogP contribution in [0.25, 0.3) is 0 Å². The minimum Gasteiger partial charge on any atom is -0.356 e. The lowest BCUT2D eigenvalue weighted by atomic mass is 9.81. The molecule has 1 aliphatic heterocycles. The van der Waals surface area contributed by atoms with Crippen molar-refractivity contribution in [2.24, 2.45) is 17.3 Å². The Kier molecular flexibility index (Phi) is 6.13. The summed E-state index contributed by atoms with van der Waals surface area (Å²) in [6.45, 7) is 11.9. The minimum atomic E-state index is 0.183. The third-order valence-electron chi connectivity index (χ3n) is 4.48. The van der Waals surface area contributed by atoms with Crippen LogP contribution in [-0.2, 0) is 4.79 Å². The summed E-state index contributed by atoms with van der Waals surface area (Å²) in [5.41, 5.74) is 0.183. The largest absolute Gasteiger partial charge is 0.356 e. The van der Waals surface area contributed by atoms with Crippen molar-refractivity contribution in [3.05, 3.63) is 0 Å². The van der Waals surface area contributed by atoms with Crippen LogP contribution in [0.4, 0.5) is 0 Å². The predicted molar refractivity (Wildman–Crippen MR) is 76.5 cm³/mol. The van der Waals surface area contributed by atoms with Crippen LogP contribution < -0.4 is 10.6 Å². The smallest absolute Gasteiger partial charge is 0.220 e. The Balaban J connectivity index is 2.17. The van der Waals surface area contributed by atoms with Crippen LogP contribution in [0.15, 0.2) is 0 Å². The van der Waals surface area contributed by atoms with Gasteiger partial charge in [-0.05, 0) is 49.6 Å². The first kappa shape index (κ1) is 15.5. The van der Waals surface area contributed by atoms with E-state index in [1.165, 1.54) is 12.8 Å². The molecular formula is C15H30N2O. The fourth-order valence-electron chi connectivity index (χ4n) is 2.12. The summed E-state index contributed by atoms with van der Waals surface area (Å²) >= 11 is 0. The molecule has 3 heteroatoms. The zero-order chi connectivity index (χ0) is 13.6. The van der Waals surface area contributed by atoms with Gasteiger partial charge < -0.3 is 10.6 Å². The third-order valence-corrected chi connectivity index (χ3v) is 4.48. The maximum atomic E-state index is 11.8. The highest BCUT2D eigenvalue weighted by molar-refractivity contribution is 5.75. The van der Waals surface area contributed by atoms with Crippen LogP contribution in [0.3, 0.4) is 0 Å². The first-order chi connectivity index (χ1) is 8.42. The van der Waals surface area contributed by atoms with E-state index >= 15 is 0 Å². The molecule has 0 aromatic carbocycles. The number of carbonyl (C=O) groups excluding carboxylic acids is 1. The highest BCUT2D eigenvalue weighted by Crippen LogP contribution is 2.24. The summed E-state index contributed by atoms with van der Waals surface area (Å²) < 4.78 is 0. The second-order valence-electron chi connectivity index (χ2n) is 6.67. The maximum absolute atomic E-state index is 11.8. The quantitative estimate of drug-likeness (QED) is 0.765. The molecule has 1 aliphatic rings. The Morgan fingerprint density at radius 3 is 2.72 bits per heavy atom. The number of hydrogen-bond donors (Lipinski definition) is 2. The minimum absolute atomic E-state index is 0.183. The SMILES string of the molecule is CC(C)C(C)(C)CNC(=O)CCC1CCCNC1. The van der Waals surface area contributed by atoms with Gasteiger partial charge in [0.25, 0.3) is 0 Å². The van der Waals surface area contributed by atoms with Crippen molar-refractivity contribution in [1.29, 1.82) is 0 Å². The molecule has 1 unspecified atom stereocenters. The molecule has 0 spiro atoms. The molecule has 2 N–H and O–H groups in total. The third kappa shape index (κ3) is 5.38. The van der Waals surface area contributed by atoms with Gasteiger partial charge in [0.1, 0.15) is 0 Å². The summed E-state index contributed by atoms with van der Waals surface area (Å²) in [4.78, 5) is 11.8. The van der Waals surface area contributed by atoms with E-state index < -0.39 is 0 Å². The Bertz CT molecular complexity index is 255. The molecule has 0 saturated carbocycles. The maximum Gasteiger partial charge on any atom is 0.220 e. The monoisotopic (exact) mass is 254 g/mol. The number of amides is 1. The first-order valence-corrected chi connectivity index (χ1v) is 7.39. The number of nitrogens with one attached hydrogen (secondary N) is 2. The van der Waals surface area contributed by atoms with Crippen LogP contribution in [0, 0.1) is 17.3 Å². The van der Waals surface area contributed by atoms with Gasteiger partial charge in [-0.3, -0.25) is 4.79 Å². The van der Waals surface area contributed by atoms with E-state index in [0.29, 0.717) is 18.3 Å². The van der Waals surface area contributed by atoms with Crippen LogP contribution >= 0.6 is 0 Å². The standard InChI is InChI=1S/C15H30N2O/c1-12(2)15(3,4)11-17-14(18)8-7-13-6-5-9-16-10-13/h12-13,16H,5-11H2,1-4H3,(H,17,18). The lowest BCUT2D eigenvalue weighted by molar-refractivity contribution is -0.122. The van der Waals surface area contributed by atoms with E-state index in [4.69, 9.17) is 0 Å². The van der Waals surface area contributed by atoms with E-state index in [1.54, 1.807) is 0 Å². The molecule has 18 heavy (non-hydrogen) atoms. The predicted octanol–water partition coefficient (Wildman–Crippen LogP) is 2.56. The summed E-state index contributed by atoms with van der Waals surface area (Å²) in [5, 5.41) is 6.48. The first-order valence-electron chi connectivity index (χ1n) is 7.39. The van der Waals surface area contributed by atoms with Crippen molar-refractivity contribution in [2.45, 2.75) is 53.4 Å². The fraction of sp³-hybridized carbons (Fsp3) is 0.933. The molecule has 0 aliphatic carbocycles. The van der Waals surface area contributed by atoms with Gasteiger partial charge in [0.05, 0.1) is 0 Å². The van der Waals surface area contributed by atoms with Crippen molar-refractivity contribution < 1.29 is 4.79 Å². The Hall–Kier alpha value is -0.570. The zero-order valence-corrected chi connectivity index (χ0v) is 12.5. The average molecular weight is 254 g/mol. The molecule has 0 aromatic rings. The molecule has 1 fully saturated rings. The van der Waals surface area contributed by atoms with E-state index in [-0.39, 0.29) is 11.3 Å². The van der Waals surface area contributed by atoms with Gasteiger partial charge in [-0.1, -0.05) is 27.7 Å². The molecule has 1 atom stereocenters. The number of rotatable bonds is 6. The van der Waals surface area contributed by atoms with Crippen molar-refractivity contribution in [2.75, 3.05) is 19.6 Å². The molecular weight excluding hydrogens is 224 g/mol. The van der Waals surface area contributed by atoms with Crippen molar-refractivity contribution in [1.82, 2.24) is 10.6 Å². The molecule has 0 bridgehead atoms. The van der Waals surface area contributed by atoms with Gasteiger partial charge in [-0.2, -0.15) is 0 Å². The lowest BCUT2D eigenvalue weighted by Crippen LogP contribution is -2.37. The molecule has 3 nitrogen and oxygen atoms in total. The lowest BCUT2D eigenvalue weighted by Gasteiger charge is -2.29. The Morgan fingerprint density at radius 1 is 1.44 bits per heavy atom. The molecule has 0 radical (unpaired) electrons. The molecule has 1 amide bonds. The summed E-state index contributed by atoms with van der Waals surface area (Å²) in [5.74, 6) is 1.50. The summed E-state index contributed by atoms with van der Waals surface area (Å²) in [6, 6.07) is 0. The number of hydrogen-bond acceptors (Lipinski definition) is 2. The van der Waals surface area contributed by atoms with Gasteiger partial charge in [-0.15, -0.1) is 0 Å². The molecule has 1 rings (SSSR count). The Labute approximate surface area is 112 Å². The Morgan fingerprint density at radius 2 is 2.17 bits per heavy atom.